The molecule has 0 amide bonds. The molecule has 0 aliphatic rings. The normalized spacial score (nSPS) is 14.2. The van der Waals surface area contributed by atoms with E-state index < -0.39 is 51.8 Å². The minimum Gasteiger partial charge on any atom is -0.462 e. The fourth-order valence-electron chi connectivity index (χ4n) is 4.93. The van der Waals surface area contributed by atoms with Crippen molar-refractivity contribution in [3.05, 3.63) is 0 Å². The van der Waals surface area contributed by atoms with Crippen LogP contribution in [0.3, 0.4) is 0 Å². The number of unbranched alkanes of at least 4 members (excludes halogenated alkanes) is 20. The highest BCUT2D eigenvalue weighted by Crippen LogP contribution is 2.43. The first-order chi connectivity index (χ1) is 21.7. The number of ether oxygens (including phenoxy) is 2. The van der Waals surface area contributed by atoms with Gasteiger partial charge in [-0.3, -0.25) is 18.6 Å². The molecular weight excluding hydrogens is 599 g/mol. The summed E-state index contributed by atoms with van der Waals surface area (Å²) < 4.78 is 32.5. The van der Waals surface area contributed by atoms with Crippen molar-refractivity contribution < 1.29 is 47.8 Å². The Morgan fingerprint density at radius 2 is 0.956 bits per heavy atom. The predicted octanol–water partition coefficient (Wildman–Crippen LogP) is 8.33. The third kappa shape index (κ3) is 31.3. The lowest BCUT2D eigenvalue weighted by molar-refractivity contribution is -0.161. The Hall–Kier alpha value is -1.03. The summed E-state index contributed by atoms with van der Waals surface area (Å²) in [5.41, 5.74) is 0. The average Bonchev–Trinajstić information content (AvgIpc) is 3.02. The van der Waals surface area contributed by atoms with Crippen LogP contribution in [-0.4, -0.2) is 65.7 Å². The van der Waals surface area contributed by atoms with Gasteiger partial charge in [-0.2, -0.15) is 0 Å². The maximum atomic E-state index is 12.5. The predicted molar refractivity (Wildman–Crippen MR) is 178 cm³/mol. The van der Waals surface area contributed by atoms with Gasteiger partial charge in [-0.05, 0) is 12.8 Å². The van der Waals surface area contributed by atoms with Crippen LogP contribution in [0.1, 0.15) is 168 Å². The van der Waals surface area contributed by atoms with E-state index in [4.69, 9.17) is 19.1 Å². The van der Waals surface area contributed by atoms with E-state index in [1.54, 1.807) is 0 Å². The Morgan fingerprint density at radius 1 is 0.578 bits per heavy atom. The molecule has 0 aromatic carbocycles. The van der Waals surface area contributed by atoms with E-state index in [-0.39, 0.29) is 19.4 Å². The fourth-order valence-corrected chi connectivity index (χ4v) is 5.72. The highest BCUT2D eigenvalue weighted by Gasteiger charge is 2.27. The van der Waals surface area contributed by atoms with E-state index in [0.717, 1.165) is 38.5 Å². The number of hydrogen-bond donors (Lipinski definition) is 3. The van der Waals surface area contributed by atoms with Gasteiger partial charge in [-0.15, -0.1) is 0 Å². The number of phosphoric acid groups is 1. The van der Waals surface area contributed by atoms with Gasteiger partial charge in [0.2, 0.25) is 0 Å². The first-order valence-corrected chi connectivity index (χ1v) is 19.5. The van der Waals surface area contributed by atoms with Gasteiger partial charge in [-0.25, -0.2) is 4.57 Å². The van der Waals surface area contributed by atoms with Gasteiger partial charge >= 0.3 is 19.8 Å². The molecule has 0 aliphatic heterocycles. The molecule has 0 fully saturated rings. The molecule has 0 aliphatic carbocycles. The van der Waals surface area contributed by atoms with Crippen molar-refractivity contribution in [3.63, 3.8) is 0 Å². The molecule has 10 nitrogen and oxygen atoms in total. The molecule has 3 atom stereocenters. The quantitative estimate of drug-likeness (QED) is 0.0348. The minimum absolute atomic E-state index is 0.191. The van der Waals surface area contributed by atoms with E-state index in [9.17, 15) is 24.2 Å². The molecule has 0 rings (SSSR count). The van der Waals surface area contributed by atoms with E-state index in [0.29, 0.717) is 12.8 Å². The molecule has 0 spiro atoms. The highest BCUT2D eigenvalue weighted by atomic mass is 31.2. The van der Waals surface area contributed by atoms with Gasteiger partial charge in [-0.1, -0.05) is 142 Å². The molecule has 0 saturated carbocycles. The van der Waals surface area contributed by atoms with Crippen LogP contribution in [0.4, 0.5) is 0 Å². The molecule has 1 unspecified atom stereocenters. The number of rotatable bonds is 34. The number of carbonyl (C=O) groups is 2. The Morgan fingerprint density at radius 3 is 1.38 bits per heavy atom. The topological polar surface area (TPSA) is 149 Å². The van der Waals surface area contributed by atoms with Crippen LogP contribution in [0.15, 0.2) is 0 Å². The Kier molecular flexibility index (Phi) is 30.8. The van der Waals surface area contributed by atoms with Crippen LogP contribution in [0.5, 0.6) is 0 Å². The summed E-state index contributed by atoms with van der Waals surface area (Å²) in [6.07, 6.45) is 23.6. The lowest BCUT2D eigenvalue weighted by Crippen LogP contribution is -2.29. The molecule has 0 saturated heterocycles. The second kappa shape index (κ2) is 31.6. The van der Waals surface area contributed by atoms with Gasteiger partial charge < -0.3 is 24.6 Å². The molecular formula is C34H67O10P. The standard InChI is InChI=1S/C34H67O10P/c1-3-5-7-9-11-13-15-17-19-21-23-25-33(37)41-29-32(30-43-45(39,40)42-28-31(36)27-35)44-34(38)26-24-22-20-18-16-14-12-10-8-6-4-2/h31-32,35-36H,3-30H2,1-2H3,(H,39,40)/t31-,32+/m0/s1. The second-order valence-corrected chi connectivity index (χ2v) is 13.7. The maximum absolute atomic E-state index is 12.5. The average molecular weight is 667 g/mol. The van der Waals surface area contributed by atoms with Crippen LogP contribution < -0.4 is 0 Å². The van der Waals surface area contributed by atoms with E-state index in [1.807, 2.05) is 0 Å². The molecule has 0 aromatic rings. The van der Waals surface area contributed by atoms with Crippen molar-refractivity contribution in [1.29, 1.82) is 0 Å². The molecule has 45 heavy (non-hydrogen) atoms. The molecule has 268 valence electrons. The maximum Gasteiger partial charge on any atom is 0.472 e. The van der Waals surface area contributed by atoms with Crippen molar-refractivity contribution in [1.82, 2.24) is 0 Å². The lowest BCUT2D eigenvalue weighted by Gasteiger charge is -2.20. The summed E-state index contributed by atoms with van der Waals surface area (Å²) in [5, 5.41) is 18.2. The molecule has 0 radical (unpaired) electrons. The van der Waals surface area contributed by atoms with Crippen molar-refractivity contribution in [2.24, 2.45) is 0 Å². The first-order valence-electron chi connectivity index (χ1n) is 18.0. The Bertz CT molecular complexity index is 736. The van der Waals surface area contributed by atoms with Gasteiger partial charge in [0.05, 0.1) is 19.8 Å². The Labute approximate surface area is 273 Å². The van der Waals surface area contributed by atoms with Crippen LogP contribution >= 0.6 is 7.82 Å². The smallest absolute Gasteiger partial charge is 0.462 e. The van der Waals surface area contributed by atoms with Crippen LogP contribution in [0.2, 0.25) is 0 Å². The van der Waals surface area contributed by atoms with E-state index in [2.05, 4.69) is 18.4 Å². The lowest BCUT2D eigenvalue weighted by atomic mass is 10.1. The van der Waals surface area contributed by atoms with Gasteiger partial charge in [0.1, 0.15) is 12.7 Å². The van der Waals surface area contributed by atoms with Crippen molar-refractivity contribution >= 4 is 19.8 Å². The van der Waals surface area contributed by atoms with Crippen LogP contribution in [0.25, 0.3) is 0 Å². The molecule has 0 heterocycles. The number of aliphatic hydroxyl groups is 2. The number of hydrogen-bond acceptors (Lipinski definition) is 9. The van der Waals surface area contributed by atoms with E-state index in [1.165, 1.54) is 89.9 Å². The SMILES string of the molecule is CCCCCCCCCCCCCC(=O)OC[C@H](COP(=O)(O)OC[C@@H](O)CO)OC(=O)CCCCCCCCCCCCC. The summed E-state index contributed by atoms with van der Waals surface area (Å²) in [5.74, 6) is -0.919. The zero-order chi connectivity index (χ0) is 33.4. The number of carbonyl (C=O) groups excluding carboxylic acids is 2. The number of aliphatic hydroxyl groups excluding tert-OH is 2. The van der Waals surface area contributed by atoms with Gasteiger partial charge in [0.15, 0.2) is 6.10 Å². The minimum atomic E-state index is -4.60. The third-order valence-electron chi connectivity index (χ3n) is 7.76. The van der Waals surface area contributed by atoms with Crippen molar-refractivity contribution in [2.45, 2.75) is 180 Å². The zero-order valence-corrected chi connectivity index (χ0v) is 29.5. The van der Waals surface area contributed by atoms with Crippen LogP contribution in [-0.2, 0) is 32.7 Å². The Balaban J connectivity index is 4.39. The summed E-state index contributed by atoms with van der Waals surface area (Å²) in [6, 6.07) is 0. The monoisotopic (exact) mass is 666 g/mol. The van der Waals surface area contributed by atoms with Crippen molar-refractivity contribution in [2.75, 3.05) is 26.4 Å². The molecule has 0 bridgehead atoms. The van der Waals surface area contributed by atoms with Crippen molar-refractivity contribution in [3.8, 4) is 0 Å². The van der Waals surface area contributed by atoms with Gasteiger partial charge in [0, 0.05) is 12.8 Å². The molecule has 3 N–H and O–H groups in total. The summed E-state index contributed by atoms with van der Waals surface area (Å²) in [4.78, 5) is 34.7. The highest BCUT2D eigenvalue weighted by molar-refractivity contribution is 7.47. The zero-order valence-electron chi connectivity index (χ0n) is 28.6. The van der Waals surface area contributed by atoms with Gasteiger partial charge in [0.25, 0.3) is 0 Å². The number of esters is 2. The second-order valence-electron chi connectivity index (χ2n) is 12.3. The fraction of sp³-hybridized carbons (Fsp3) is 0.941. The largest absolute Gasteiger partial charge is 0.472 e. The third-order valence-corrected chi connectivity index (χ3v) is 8.71. The summed E-state index contributed by atoms with van der Waals surface area (Å²) >= 11 is 0. The molecule has 0 aromatic heterocycles. The van der Waals surface area contributed by atoms with E-state index >= 15 is 0 Å². The number of phosphoric ester groups is 1. The molecule has 11 heteroatoms. The first kappa shape index (κ1) is 44.0. The summed E-state index contributed by atoms with van der Waals surface area (Å²) in [7, 11) is -4.60. The van der Waals surface area contributed by atoms with Crippen LogP contribution in [0, 0.1) is 0 Å². The summed E-state index contributed by atoms with van der Waals surface area (Å²) in [6.45, 7) is 2.35.